The molecule has 0 aromatic carbocycles. The van der Waals surface area contributed by atoms with Crippen LogP contribution in [0.3, 0.4) is 0 Å². The number of rotatable bonds is 8. The molecule has 5 nitrogen and oxygen atoms in total. The quantitative estimate of drug-likeness (QED) is 0.531. The van der Waals surface area contributed by atoms with Crippen LogP contribution in [0.2, 0.25) is 0 Å². The third-order valence-electron chi connectivity index (χ3n) is 1.54. The van der Waals surface area contributed by atoms with E-state index in [0.717, 1.165) is 0 Å². The predicted octanol–water partition coefficient (Wildman–Crippen LogP) is 1.77. The molecule has 0 rings (SSSR count). The minimum Gasteiger partial charge on any atom is -0.380 e. The van der Waals surface area contributed by atoms with Crippen LogP contribution in [0.5, 0.6) is 0 Å². The number of carbonyl (C=O) groups is 1. The summed E-state index contributed by atoms with van der Waals surface area (Å²) in [5, 5.41) is 9.54. The summed E-state index contributed by atoms with van der Waals surface area (Å²) in [5.74, 6) is -2.07. The second-order valence-electron chi connectivity index (χ2n) is 2.73. The van der Waals surface area contributed by atoms with Gasteiger partial charge in [-0.3, -0.25) is 9.36 Å². The van der Waals surface area contributed by atoms with Gasteiger partial charge in [-0.25, -0.2) is 0 Å². The van der Waals surface area contributed by atoms with Gasteiger partial charge in [0.2, 0.25) is 0 Å². The largest absolute Gasteiger partial charge is 0.380 e. The molecule has 0 radical (unpaired) electrons. The number of hydrogen-bond acceptors (Lipinski definition) is 5. The lowest BCUT2D eigenvalue weighted by Gasteiger charge is -2.21. The van der Waals surface area contributed by atoms with E-state index in [2.05, 4.69) is 0 Å². The number of Topliss-reactive ketones (excluding diaryl/α,β-unsaturated/α-hetero) is 1. The van der Waals surface area contributed by atoms with Gasteiger partial charge in [-0.05, 0) is 13.8 Å². The van der Waals surface area contributed by atoms with Crippen molar-refractivity contribution < 1.29 is 23.5 Å². The van der Waals surface area contributed by atoms with Crippen LogP contribution in [0.15, 0.2) is 0 Å². The second-order valence-corrected chi connectivity index (χ2v) is 5.19. The molecule has 0 bridgehead atoms. The first-order valence-corrected chi connectivity index (χ1v) is 6.79. The molecule has 0 aromatic rings. The summed E-state index contributed by atoms with van der Waals surface area (Å²) < 4.78 is 21.6. The topological polar surface area (TPSA) is 72.8 Å². The molecule has 0 unspecified atom stereocenters. The van der Waals surface area contributed by atoms with Crippen LogP contribution in [0, 0.1) is 0 Å². The van der Waals surface area contributed by atoms with Crippen LogP contribution in [0.4, 0.5) is 0 Å². The fourth-order valence-electron chi connectivity index (χ4n) is 0.939. The maximum Gasteiger partial charge on any atom is 0.359 e. The maximum absolute atomic E-state index is 11.9. The van der Waals surface area contributed by atoms with E-state index in [1.807, 2.05) is 0 Å². The lowest BCUT2D eigenvalue weighted by atomic mass is 10.3. The summed E-state index contributed by atoms with van der Waals surface area (Å²) in [6.07, 6.45) is -0.319. The van der Waals surface area contributed by atoms with Gasteiger partial charge < -0.3 is 14.2 Å². The van der Waals surface area contributed by atoms with Crippen LogP contribution in [-0.2, 0) is 18.4 Å². The van der Waals surface area contributed by atoms with Crippen molar-refractivity contribution in [1.29, 1.82) is 0 Å². The molecule has 7 heteroatoms. The highest BCUT2D eigenvalue weighted by Gasteiger charge is 2.35. The standard InChI is InChI=1S/C8H16ClO5P/c1-3-13-15(12,14-4-2)8(11)5-7(10)6-9/h8,11H,3-6H2,1-2H3/t8-/m0/s1. The molecule has 1 N–H and O–H groups in total. The third kappa shape index (κ3) is 5.09. The van der Waals surface area contributed by atoms with Crippen molar-refractivity contribution >= 4 is 25.0 Å². The normalized spacial score (nSPS) is 13.9. The third-order valence-corrected chi connectivity index (χ3v) is 3.99. The van der Waals surface area contributed by atoms with Crippen molar-refractivity contribution in [2.24, 2.45) is 0 Å². The molecule has 0 saturated carbocycles. The summed E-state index contributed by atoms with van der Waals surface area (Å²) in [5.41, 5.74) is 0. The first kappa shape index (κ1) is 15.1. The first-order valence-electron chi connectivity index (χ1n) is 4.64. The van der Waals surface area contributed by atoms with E-state index in [9.17, 15) is 14.5 Å². The highest BCUT2D eigenvalue weighted by molar-refractivity contribution is 7.54. The van der Waals surface area contributed by atoms with Crippen LogP contribution in [0.1, 0.15) is 20.3 Å². The van der Waals surface area contributed by atoms with Gasteiger partial charge in [0.25, 0.3) is 0 Å². The zero-order valence-electron chi connectivity index (χ0n) is 8.81. The Morgan fingerprint density at radius 1 is 1.40 bits per heavy atom. The molecule has 0 heterocycles. The molecule has 1 atom stereocenters. The number of aliphatic hydroxyl groups is 1. The second kappa shape index (κ2) is 7.36. The maximum atomic E-state index is 11.9. The average molecular weight is 259 g/mol. The number of halogens is 1. The summed E-state index contributed by atoms with van der Waals surface area (Å²) in [7, 11) is -3.60. The van der Waals surface area contributed by atoms with Gasteiger partial charge in [0.1, 0.15) is 0 Å². The van der Waals surface area contributed by atoms with Crippen molar-refractivity contribution in [3.8, 4) is 0 Å². The summed E-state index contributed by atoms with van der Waals surface area (Å²) in [4.78, 5) is 11.0. The summed E-state index contributed by atoms with van der Waals surface area (Å²) in [6, 6.07) is 0. The number of carbonyl (C=O) groups excluding carboxylic acids is 1. The molecule has 90 valence electrons. The van der Waals surface area contributed by atoms with E-state index < -0.39 is 19.2 Å². The molecular formula is C8H16ClO5P. The lowest BCUT2D eigenvalue weighted by Crippen LogP contribution is -2.17. The van der Waals surface area contributed by atoms with Gasteiger partial charge in [-0.1, -0.05) is 0 Å². The van der Waals surface area contributed by atoms with Crippen LogP contribution >= 0.6 is 19.2 Å². The molecule has 0 saturated heterocycles. The number of ketones is 1. The van der Waals surface area contributed by atoms with Crippen molar-refractivity contribution in [1.82, 2.24) is 0 Å². The fourth-order valence-corrected chi connectivity index (χ4v) is 2.61. The van der Waals surface area contributed by atoms with E-state index in [1.165, 1.54) is 0 Å². The Hall–Kier alpha value is 0.0700. The average Bonchev–Trinajstić information content (AvgIpc) is 2.18. The van der Waals surface area contributed by atoms with Gasteiger partial charge >= 0.3 is 7.60 Å². The zero-order valence-corrected chi connectivity index (χ0v) is 10.5. The summed E-state index contributed by atoms with van der Waals surface area (Å²) in [6.45, 7) is 3.54. The van der Waals surface area contributed by atoms with Crippen LogP contribution < -0.4 is 0 Å². The van der Waals surface area contributed by atoms with Crippen LogP contribution in [0.25, 0.3) is 0 Å². The molecule has 0 spiro atoms. The Balaban J connectivity index is 4.47. The number of aliphatic hydroxyl groups excluding tert-OH is 1. The molecule has 0 aliphatic rings. The summed E-state index contributed by atoms with van der Waals surface area (Å²) >= 11 is 5.27. The van der Waals surface area contributed by atoms with Crippen molar-refractivity contribution in [3.63, 3.8) is 0 Å². The van der Waals surface area contributed by atoms with E-state index in [1.54, 1.807) is 13.8 Å². The molecule has 0 aliphatic carbocycles. The molecule has 15 heavy (non-hydrogen) atoms. The molecule has 0 fully saturated rings. The van der Waals surface area contributed by atoms with Crippen molar-refractivity contribution in [2.75, 3.05) is 19.1 Å². The molecule has 0 aliphatic heterocycles. The number of hydrogen-bond donors (Lipinski definition) is 1. The van der Waals surface area contributed by atoms with Crippen molar-refractivity contribution in [3.05, 3.63) is 0 Å². The zero-order chi connectivity index (χ0) is 11.9. The van der Waals surface area contributed by atoms with Gasteiger partial charge in [0, 0.05) is 6.42 Å². The Morgan fingerprint density at radius 3 is 2.20 bits per heavy atom. The monoisotopic (exact) mass is 258 g/mol. The van der Waals surface area contributed by atoms with E-state index in [-0.39, 0.29) is 25.5 Å². The van der Waals surface area contributed by atoms with Gasteiger partial charge in [0.15, 0.2) is 11.6 Å². The van der Waals surface area contributed by atoms with E-state index >= 15 is 0 Å². The molecular weight excluding hydrogens is 243 g/mol. The minimum absolute atomic E-state index is 0.142. The highest BCUT2D eigenvalue weighted by atomic mass is 35.5. The number of alkyl halides is 1. The smallest absolute Gasteiger partial charge is 0.359 e. The Bertz CT molecular complexity index is 235. The van der Waals surface area contributed by atoms with Gasteiger partial charge in [-0.2, -0.15) is 0 Å². The van der Waals surface area contributed by atoms with Crippen molar-refractivity contribution in [2.45, 2.75) is 26.1 Å². The Morgan fingerprint density at radius 2 is 1.87 bits per heavy atom. The first-order chi connectivity index (χ1) is 7.00. The Kier molecular flexibility index (Phi) is 7.40. The lowest BCUT2D eigenvalue weighted by molar-refractivity contribution is -0.118. The molecule has 0 amide bonds. The van der Waals surface area contributed by atoms with Gasteiger partial charge in [0.05, 0.1) is 19.1 Å². The fraction of sp³-hybridized carbons (Fsp3) is 0.875. The van der Waals surface area contributed by atoms with Gasteiger partial charge in [-0.15, -0.1) is 11.6 Å². The van der Waals surface area contributed by atoms with E-state index in [0.29, 0.717) is 0 Å². The van der Waals surface area contributed by atoms with E-state index in [4.69, 9.17) is 20.6 Å². The minimum atomic E-state index is -3.60. The highest BCUT2D eigenvalue weighted by Crippen LogP contribution is 2.53. The molecule has 0 aromatic heterocycles. The van der Waals surface area contributed by atoms with Crippen LogP contribution in [-0.4, -0.2) is 35.8 Å². The Labute approximate surface area is 94.2 Å². The predicted molar refractivity (Wildman–Crippen MR) is 57.2 cm³/mol. The SMILES string of the molecule is CCOP(=O)(OCC)[C@H](O)CC(=O)CCl.